The SMILES string of the molecule is COc1cccc(SCC(=O)N[C@@H](C)CN)c1.Cl. The zero-order chi connectivity index (χ0) is 12.7. The fraction of sp³-hybridized carbons (Fsp3) is 0.417. The predicted octanol–water partition coefficient (Wildman–Crippen LogP) is 1.67. The van der Waals surface area contributed by atoms with E-state index < -0.39 is 0 Å². The van der Waals surface area contributed by atoms with Crippen molar-refractivity contribution in [1.82, 2.24) is 5.32 Å². The summed E-state index contributed by atoms with van der Waals surface area (Å²) in [7, 11) is 1.62. The Morgan fingerprint density at radius 1 is 1.56 bits per heavy atom. The van der Waals surface area contributed by atoms with E-state index in [-0.39, 0.29) is 24.4 Å². The van der Waals surface area contributed by atoms with Crippen LogP contribution in [0.4, 0.5) is 0 Å². The zero-order valence-electron chi connectivity index (χ0n) is 10.5. The third-order valence-electron chi connectivity index (χ3n) is 2.17. The molecule has 1 amide bonds. The minimum absolute atomic E-state index is 0. The van der Waals surface area contributed by atoms with Gasteiger partial charge in [-0.1, -0.05) is 6.07 Å². The molecule has 0 unspecified atom stereocenters. The molecule has 102 valence electrons. The summed E-state index contributed by atoms with van der Waals surface area (Å²) in [6.07, 6.45) is 0. The average Bonchev–Trinajstić information content (AvgIpc) is 2.36. The van der Waals surface area contributed by atoms with Gasteiger partial charge >= 0.3 is 0 Å². The zero-order valence-corrected chi connectivity index (χ0v) is 12.1. The van der Waals surface area contributed by atoms with E-state index in [0.29, 0.717) is 12.3 Å². The maximum absolute atomic E-state index is 11.5. The van der Waals surface area contributed by atoms with Crippen molar-refractivity contribution in [1.29, 1.82) is 0 Å². The predicted molar refractivity (Wildman–Crippen MR) is 77.6 cm³/mol. The van der Waals surface area contributed by atoms with Crippen LogP contribution in [0.5, 0.6) is 5.75 Å². The van der Waals surface area contributed by atoms with E-state index in [1.165, 1.54) is 11.8 Å². The van der Waals surface area contributed by atoms with Gasteiger partial charge in [0.2, 0.25) is 5.91 Å². The lowest BCUT2D eigenvalue weighted by atomic mass is 10.3. The first-order valence-corrected chi connectivity index (χ1v) is 6.40. The molecule has 18 heavy (non-hydrogen) atoms. The number of halogens is 1. The first-order valence-electron chi connectivity index (χ1n) is 5.42. The molecule has 1 aromatic carbocycles. The van der Waals surface area contributed by atoms with Crippen molar-refractivity contribution in [3.63, 3.8) is 0 Å². The van der Waals surface area contributed by atoms with Crippen molar-refractivity contribution >= 4 is 30.1 Å². The van der Waals surface area contributed by atoms with Gasteiger partial charge in [0, 0.05) is 17.5 Å². The Hall–Kier alpha value is -0.910. The van der Waals surface area contributed by atoms with Crippen molar-refractivity contribution < 1.29 is 9.53 Å². The number of methoxy groups -OCH3 is 1. The minimum atomic E-state index is -0.00392. The van der Waals surface area contributed by atoms with Gasteiger partial charge in [-0.3, -0.25) is 4.79 Å². The Morgan fingerprint density at radius 2 is 2.28 bits per heavy atom. The molecule has 0 aromatic heterocycles. The fourth-order valence-corrected chi connectivity index (χ4v) is 1.97. The smallest absolute Gasteiger partial charge is 0.230 e. The van der Waals surface area contributed by atoms with Crippen LogP contribution in [0.1, 0.15) is 6.92 Å². The van der Waals surface area contributed by atoms with Crippen LogP contribution in [-0.4, -0.2) is 31.4 Å². The van der Waals surface area contributed by atoms with Crippen molar-refractivity contribution in [3.05, 3.63) is 24.3 Å². The Balaban J connectivity index is 0.00000289. The standard InChI is InChI=1S/C12H18N2O2S.ClH/c1-9(7-13)14-12(15)8-17-11-5-3-4-10(6-11)16-2;/h3-6,9H,7-8,13H2,1-2H3,(H,14,15);1H/t9-;/m0./s1. The Labute approximate surface area is 118 Å². The number of benzene rings is 1. The van der Waals surface area contributed by atoms with Crippen LogP contribution in [0, 0.1) is 0 Å². The quantitative estimate of drug-likeness (QED) is 0.782. The van der Waals surface area contributed by atoms with Crippen LogP contribution in [0.3, 0.4) is 0 Å². The summed E-state index contributed by atoms with van der Waals surface area (Å²) >= 11 is 1.48. The molecule has 0 heterocycles. The van der Waals surface area contributed by atoms with E-state index >= 15 is 0 Å². The third-order valence-corrected chi connectivity index (χ3v) is 3.17. The Bertz CT molecular complexity index is 377. The van der Waals surface area contributed by atoms with Crippen LogP contribution in [0.15, 0.2) is 29.2 Å². The summed E-state index contributed by atoms with van der Waals surface area (Å²) in [6.45, 7) is 2.34. The summed E-state index contributed by atoms with van der Waals surface area (Å²) in [4.78, 5) is 12.5. The van der Waals surface area contributed by atoms with E-state index in [9.17, 15) is 4.79 Å². The minimum Gasteiger partial charge on any atom is -0.497 e. The van der Waals surface area contributed by atoms with Crippen molar-refractivity contribution in [2.24, 2.45) is 5.73 Å². The van der Waals surface area contributed by atoms with Gasteiger partial charge in [0.15, 0.2) is 0 Å². The second kappa shape index (κ2) is 9.08. The van der Waals surface area contributed by atoms with Gasteiger partial charge in [-0.15, -0.1) is 24.2 Å². The van der Waals surface area contributed by atoms with Gasteiger partial charge in [0.05, 0.1) is 12.9 Å². The average molecular weight is 291 g/mol. The lowest BCUT2D eigenvalue weighted by molar-refractivity contribution is -0.119. The summed E-state index contributed by atoms with van der Waals surface area (Å²) in [6, 6.07) is 7.66. The largest absolute Gasteiger partial charge is 0.497 e. The van der Waals surface area contributed by atoms with Gasteiger partial charge in [-0.2, -0.15) is 0 Å². The molecule has 0 saturated carbocycles. The van der Waals surface area contributed by atoms with Crippen LogP contribution in [0.2, 0.25) is 0 Å². The summed E-state index contributed by atoms with van der Waals surface area (Å²) in [5.74, 6) is 1.18. The summed E-state index contributed by atoms with van der Waals surface area (Å²) in [5, 5.41) is 2.81. The number of rotatable bonds is 6. The maximum Gasteiger partial charge on any atom is 0.230 e. The van der Waals surface area contributed by atoms with E-state index in [4.69, 9.17) is 10.5 Å². The van der Waals surface area contributed by atoms with E-state index in [0.717, 1.165) is 10.6 Å². The van der Waals surface area contributed by atoms with Gasteiger partial charge in [0.1, 0.15) is 5.75 Å². The molecule has 0 spiro atoms. The monoisotopic (exact) mass is 290 g/mol. The molecule has 3 N–H and O–H groups in total. The van der Waals surface area contributed by atoms with Crippen LogP contribution in [-0.2, 0) is 4.79 Å². The third kappa shape index (κ3) is 6.14. The highest BCUT2D eigenvalue weighted by atomic mass is 35.5. The second-order valence-electron chi connectivity index (χ2n) is 3.67. The number of carbonyl (C=O) groups excluding carboxylic acids is 1. The van der Waals surface area contributed by atoms with Gasteiger partial charge in [-0.25, -0.2) is 0 Å². The number of nitrogens with one attached hydrogen (secondary N) is 1. The molecule has 0 fully saturated rings. The lowest BCUT2D eigenvalue weighted by Gasteiger charge is -2.11. The molecule has 0 radical (unpaired) electrons. The topological polar surface area (TPSA) is 64.3 Å². The van der Waals surface area contributed by atoms with Crippen molar-refractivity contribution in [2.75, 3.05) is 19.4 Å². The molecule has 4 nitrogen and oxygen atoms in total. The molecular weight excluding hydrogens is 272 g/mol. The molecule has 6 heteroatoms. The number of ether oxygens (including phenoxy) is 1. The number of hydrogen-bond donors (Lipinski definition) is 2. The first-order chi connectivity index (χ1) is 8.15. The Morgan fingerprint density at radius 3 is 2.89 bits per heavy atom. The van der Waals surface area contributed by atoms with E-state index in [1.54, 1.807) is 7.11 Å². The fourth-order valence-electron chi connectivity index (χ4n) is 1.22. The van der Waals surface area contributed by atoms with Gasteiger partial charge < -0.3 is 15.8 Å². The maximum atomic E-state index is 11.5. The molecule has 0 aliphatic heterocycles. The highest BCUT2D eigenvalue weighted by Crippen LogP contribution is 2.22. The molecule has 0 aliphatic rings. The van der Waals surface area contributed by atoms with Gasteiger partial charge in [-0.05, 0) is 25.1 Å². The summed E-state index contributed by atoms with van der Waals surface area (Å²) < 4.78 is 5.11. The normalized spacial score (nSPS) is 11.3. The first kappa shape index (κ1) is 17.1. The molecule has 1 rings (SSSR count). The summed E-state index contributed by atoms with van der Waals surface area (Å²) in [5.41, 5.74) is 5.43. The Kier molecular flexibility index (Phi) is 8.62. The number of nitrogens with two attached hydrogens (primary N) is 1. The van der Waals surface area contributed by atoms with Crippen LogP contribution < -0.4 is 15.8 Å². The second-order valence-corrected chi connectivity index (χ2v) is 4.72. The van der Waals surface area contributed by atoms with Crippen LogP contribution in [0.25, 0.3) is 0 Å². The molecule has 0 saturated heterocycles. The molecule has 0 bridgehead atoms. The van der Waals surface area contributed by atoms with Crippen molar-refractivity contribution in [2.45, 2.75) is 17.9 Å². The highest BCUT2D eigenvalue weighted by Gasteiger charge is 2.06. The number of amides is 1. The molecule has 1 aromatic rings. The van der Waals surface area contributed by atoms with Crippen molar-refractivity contribution in [3.8, 4) is 5.75 Å². The number of thioether (sulfide) groups is 1. The lowest BCUT2D eigenvalue weighted by Crippen LogP contribution is -2.38. The molecule has 0 aliphatic carbocycles. The van der Waals surface area contributed by atoms with Crippen LogP contribution >= 0.6 is 24.2 Å². The number of carbonyl (C=O) groups is 1. The van der Waals surface area contributed by atoms with E-state index in [2.05, 4.69) is 5.32 Å². The van der Waals surface area contributed by atoms with E-state index in [1.807, 2.05) is 31.2 Å². The highest BCUT2D eigenvalue weighted by molar-refractivity contribution is 8.00. The molecule has 1 atom stereocenters. The number of hydrogen-bond acceptors (Lipinski definition) is 4. The van der Waals surface area contributed by atoms with Gasteiger partial charge in [0.25, 0.3) is 0 Å². The molecular formula is C12H19ClN2O2S.